The van der Waals surface area contributed by atoms with Crippen molar-refractivity contribution in [2.45, 2.75) is 19.9 Å². The molecule has 0 aliphatic heterocycles. The zero-order valence-electron chi connectivity index (χ0n) is 10.8. The van der Waals surface area contributed by atoms with Crippen molar-refractivity contribution < 1.29 is 4.39 Å². The maximum Gasteiger partial charge on any atom is 0.126 e. The first-order valence-corrected chi connectivity index (χ1v) is 6.10. The SMILES string of the molecule is Cc1nn(C)cc1CNCCc1ccccc1F. The van der Waals surface area contributed by atoms with Gasteiger partial charge in [-0.1, -0.05) is 18.2 Å². The highest BCUT2D eigenvalue weighted by molar-refractivity contribution is 5.18. The number of hydrogen-bond donors (Lipinski definition) is 1. The molecule has 0 fully saturated rings. The van der Waals surface area contributed by atoms with Crippen molar-refractivity contribution in [2.75, 3.05) is 6.54 Å². The molecule has 0 bridgehead atoms. The highest BCUT2D eigenvalue weighted by atomic mass is 19.1. The van der Waals surface area contributed by atoms with Crippen LogP contribution in [-0.2, 0) is 20.0 Å². The fraction of sp³-hybridized carbons (Fsp3) is 0.357. The molecule has 0 radical (unpaired) electrons. The van der Waals surface area contributed by atoms with Crippen molar-refractivity contribution in [1.29, 1.82) is 0 Å². The van der Waals surface area contributed by atoms with Gasteiger partial charge in [0.05, 0.1) is 5.69 Å². The van der Waals surface area contributed by atoms with Gasteiger partial charge in [-0.15, -0.1) is 0 Å². The van der Waals surface area contributed by atoms with Crippen molar-refractivity contribution in [3.05, 3.63) is 53.1 Å². The Kier molecular flexibility index (Phi) is 4.10. The minimum absolute atomic E-state index is 0.128. The Balaban J connectivity index is 1.80. The Morgan fingerprint density at radius 3 is 2.72 bits per heavy atom. The number of benzene rings is 1. The summed E-state index contributed by atoms with van der Waals surface area (Å²) in [6.07, 6.45) is 2.71. The van der Waals surface area contributed by atoms with Crippen molar-refractivity contribution >= 4 is 0 Å². The molecule has 0 spiro atoms. The van der Waals surface area contributed by atoms with Crippen LogP contribution in [0.1, 0.15) is 16.8 Å². The molecule has 0 atom stereocenters. The molecule has 1 N–H and O–H groups in total. The first-order chi connectivity index (χ1) is 8.66. The van der Waals surface area contributed by atoms with Crippen LogP contribution >= 0.6 is 0 Å². The summed E-state index contributed by atoms with van der Waals surface area (Å²) in [6, 6.07) is 6.90. The summed E-state index contributed by atoms with van der Waals surface area (Å²) in [4.78, 5) is 0. The fourth-order valence-corrected chi connectivity index (χ4v) is 1.97. The largest absolute Gasteiger partial charge is 0.312 e. The Labute approximate surface area is 107 Å². The van der Waals surface area contributed by atoms with E-state index in [9.17, 15) is 4.39 Å². The van der Waals surface area contributed by atoms with Crippen LogP contribution in [0.3, 0.4) is 0 Å². The van der Waals surface area contributed by atoms with Crippen LogP contribution in [0.2, 0.25) is 0 Å². The second-order valence-electron chi connectivity index (χ2n) is 4.43. The predicted molar refractivity (Wildman–Crippen MR) is 69.8 cm³/mol. The summed E-state index contributed by atoms with van der Waals surface area (Å²) in [7, 11) is 1.91. The first kappa shape index (κ1) is 12.8. The van der Waals surface area contributed by atoms with Gasteiger partial charge in [-0.25, -0.2) is 4.39 Å². The lowest BCUT2D eigenvalue weighted by molar-refractivity contribution is 0.597. The molecule has 96 valence electrons. The summed E-state index contributed by atoms with van der Waals surface area (Å²) >= 11 is 0. The zero-order chi connectivity index (χ0) is 13.0. The molecule has 1 aromatic carbocycles. The summed E-state index contributed by atoms with van der Waals surface area (Å²) in [5, 5.41) is 7.59. The van der Waals surface area contributed by atoms with E-state index in [-0.39, 0.29) is 5.82 Å². The maximum atomic E-state index is 13.4. The number of halogens is 1. The molecule has 0 unspecified atom stereocenters. The van der Waals surface area contributed by atoms with Gasteiger partial charge in [0, 0.05) is 25.4 Å². The van der Waals surface area contributed by atoms with Crippen molar-refractivity contribution in [3.8, 4) is 0 Å². The van der Waals surface area contributed by atoms with Gasteiger partial charge in [0.2, 0.25) is 0 Å². The molecule has 18 heavy (non-hydrogen) atoms. The molecule has 0 aliphatic rings. The van der Waals surface area contributed by atoms with Crippen molar-refractivity contribution in [2.24, 2.45) is 7.05 Å². The van der Waals surface area contributed by atoms with E-state index in [1.165, 1.54) is 11.6 Å². The minimum atomic E-state index is -0.128. The quantitative estimate of drug-likeness (QED) is 0.821. The number of nitrogens with zero attached hydrogens (tertiary/aromatic N) is 2. The van der Waals surface area contributed by atoms with Crippen LogP contribution in [0.4, 0.5) is 4.39 Å². The van der Waals surface area contributed by atoms with Gasteiger partial charge in [0.25, 0.3) is 0 Å². The Bertz CT molecular complexity index is 520. The summed E-state index contributed by atoms with van der Waals surface area (Å²) in [5.74, 6) is -0.128. The lowest BCUT2D eigenvalue weighted by atomic mass is 10.1. The van der Waals surface area contributed by atoms with E-state index in [4.69, 9.17) is 0 Å². The van der Waals surface area contributed by atoms with E-state index in [0.717, 1.165) is 24.3 Å². The zero-order valence-corrected chi connectivity index (χ0v) is 10.8. The van der Waals surface area contributed by atoms with Gasteiger partial charge in [-0.2, -0.15) is 5.10 Å². The van der Waals surface area contributed by atoms with Gasteiger partial charge >= 0.3 is 0 Å². The maximum absolute atomic E-state index is 13.4. The van der Waals surface area contributed by atoms with E-state index in [1.807, 2.05) is 37.0 Å². The second-order valence-corrected chi connectivity index (χ2v) is 4.43. The topological polar surface area (TPSA) is 29.9 Å². The molecule has 0 aliphatic carbocycles. The second kappa shape index (κ2) is 5.78. The van der Waals surface area contributed by atoms with Gasteiger partial charge in [0.1, 0.15) is 5.82 Å². The van der Waals surface area contributed by atoms with Gasteiger partial charge < -0.3 is 5.32 Å². The standard InChI is InChI=1S/C14H18FN3/c1-11-13(10-18(2)17-11)9-16-8-7-12-5-3-4-6-14(12)15/h3-6,10,16H,7-9H2,1-2H3. The van der Waals surface area contributed by atoms with Crippen molar-refractivity contribution in [1.82, 2.24) is 15.1 Å². The fourth-order valence-electron chi connectivity index (χ4n) is 1.97. The van der Waals surface area contributed by atoms with E-state index in [2.05, 4.69) is 10.4 Å². The lowest BCUT2D eigenvalue weighted by Gasteiger charge is -2.05. The average molecular weight is 247 g/mol. The van der Waals surface area contributed by atoms with Crippen LogP contribution in [0, 0.1) is 12.7 Å². The van der Waals surface area contributed by atoms with Crippen LogP contribution in [0.25, 0.3) is 0 Å². The smallest absolute Gasteiger partial charge is 0.126 e. The number of rotatable bonds is 5. The Morgan fingerprint density at radius 1 is 1.28 bits per heavy atom. The molecule has 3 nitrogen and oxygen atoms in total. The Hall–Kier alpha value is -1.68. The minimum Gasteiger partial charge on any atom is -0.312 e. The molecule has 2 aromatic rings. The molecule has 4 heteroatoms. The van der Waals surface area contributed by atoms with Gasteiger partial charge in [-0.3, -0.25) is 4.68 Å². The molecule has 0 amide bonds. The van der Waals surface area contributed by atoms with E-state index in [1.54, 1.807) is 6.07 Å². The van der Waals surface area contributed by atoms with Crippen molar-refractivity contribution in [3.63, 3.8) is 0 Å². The molecule has 2 rings (SSSR count). The normalized spacial score (nSPS) is 10.8. The first-order valence-electron chi connectivity index (χ1n) is 6.10. The number of nitrogens with one attached hydrogen (secondary N) is 1. The van der Waals surface area contributed by atoms with Gasteiger partial charge in [0.15, 0.2) is 0 Å². The number of hydrogen-bond acceptors (Lipinski definition) is 2. The summed E-state index contributed by atoms with van der Waals surface area (Å²) in [5.41, 5.74) is 2.98. The summed E-state index contributed by atoms with van der Waals surface area (Å²) < 4.78 is 15.2. The molecule has 0 saturated heterocycles. The van der Waals surface area contributed by atoms with Gasteiger partial charge in [-0.05, 0) is 31.5 Å². The molecular formula is C14H18FN3. The molecule has 1 heterocycles. The highest BCUT2D eigenvalue weighted by Gasteiger charge is 2.03. The van der Waals surface area contributed by atoms with Crippen LogP contribution in [-0.4, -0.2) is 16.3 Å². The van der Waals surface area contributed by atoms with E-state index in [0.29, 0.717) is 6.42 Å². The third kappa shape index (κ3) is 3.17. The number of aryl methyl sites for hydroxylation is 2. The van der Waals surface area contributed by atoms with E-state index >= 15 is 0 Å². The molecule has 1 aromatic heterocycles. The third-order valence-electron chi connectivity index (χ3n) is 2.96. The van der Waals surface area contributed by atoms with Crippen LogP contribution in [0.15, 0.2) is 30.5 Å². The average Bonchev–Trinajstić information content (AvgIpc) is 2.65. The number of aromatic nitrogens is 2. The monoisotopic (exact) mass is 247 g/mol. The Morgan fingerprint density at radius 2 is 2.06 bits per heavy atom. The lowest BCUT2D eigenvalue weighted by Crippen LogP contribution is -2.17. The molecular weight excluding hydrogens is 229 g/mol. The molecule has 0 saturated carbocycles. The van der Waals surface area contributed by atoms with Crippen LogP contribution < -0.4 is 5.32 Å². The highest BCUT2D eigenvalue weighted by Crippen LogP contribution is 2.07. The van der Waals surface area contributed by atoms with Crippen LogP contribution in [0.5, 0.6) is 0 Å². The van der Waals surface area contributed by atoms with E-state index < -0.39 is 0 Å². The predicted octanol–water partition coefficient (Wildman–Crippen LogP) is 2.20. The summed E-state index contributed by atoms with van der Waals surface area (Å²) in [6.45, 7) is 3.53. The third-order valence-corrected chi connectivity index (χ3v) is 2.96.